The number of nitrogens with zero attached hydrogens (tertiary/aromatic N) is 5. The van der Waals surface area contributed by atoms with Crippen molar-refractivity contribution in [3.8, 4) is 16.6 Å². The highest BCUT2D eigenvalue weighted by Crippen LogP contribution is 2.36. The van der Waals surface area contributed by atoms with Gasteiger partial charge in [-0.15, -0.1) is 0 Å². The topological polar surface area (TPSA) is 57.9 Å². The molecule has 1 unspecified atom stereocenters. The molecule has 0 spiro atoms. The molecular weight excluding hydrogens is 467 g/mol. The number of ether oxygens (including phenoxy) is 1. The molecule has 3 aromatic heterocycles. The Morgan fingerprint density at radius 3 is 2.81 bits per heavy atom. The average Bonchev–Trinajstić information content (AvgIpc) is 3.56. The van der Waals surface area contributed by atoms with Crippen LogP contribution in [0.15, 0.2) is 60.9 Å². The van der Waals surface area contributed by atoms with E-state index < -0.39 is 0 Å². The lowest BCUT2D eigenvalue weighted by Crippen LogP contribution is -2.27. The Kier molecular flexibility index (Phi) is 7.69. The number of rotatable bonds is 10. The first-order chi connectivity index (χ1) is 17.6. The van der Waals surface area contributed by atoms with Crippen LogP contribution >= 0.6 is 8.35 Å². The molecule has 1 fully saturated rings. The van der Waals surface area contributed by atoms with Crippen molar-refractivity contribution in [1.29, 1.82) is 0 Å². The van der Waals surface area contributed by atoms with Gasteiger partial charge in [0.2, 0.25) is 0 Å². The molecular formula is C28H35N6OP. The number of aromatic nitrogens is 3. The van der Waals surface area contributed by atoms with Gasteiger partial charge in [0, 0.05) is 45.2 Å². The number of anilines is 3. The summed E-state index contributed by atoms with van der Waals surface area (Å²) in [5, 5.41) is 4.74. The van der Waals surface area contributed by atoms with Gasteiger partial charge in [-0.05, 0) is 68.8 Å². The molecule has 0 aliphatic carbocycles. The summed E-state index contributed by atoms with van der Waals surface area (Å²) in [6.07, 6.45) is 6.31. The molecule has 5 rings (SSSR count). The standard InChI is InChI=1S/C28H35N6OP/c1-4-32(5-2)17-18-35-23-11-6-10-22(19-23)25-20-24(28-29-14-16-34(28)36-25)30-26-12-7-13-27(31-26)33-15-8-9-21(33)3/h6-7,10-14,16,19-21H,4-5,8-9,15,17-18H2,1-3H3,(H,30,31). The van der Waals surface area contributed by atoms with Gasteiger partial charge in [-0.1, -0.05) is 32.0 Å². The van der Waals surface area contributed by atoms with E-state index in [1.165, 1.54) is 18.1 Å². The van der Waals surface area contributed by atoms with E-state index in [0.29, 0.717) is 12.6 Å². The second kappa shape index (κ2) is 11.3. The Bertz CT molecular complexity index is 1300. The van der Waals surface area contributed by atoms with Crippen LogP contribution in [0, 0.1) is 0 Å². The highest BCUT2D eigenvalue weighted by molar-refractivity contribution is 7.30. The Morgan fingerprint density at radius 2 is 2.00 bits per heavy atom. The van der Waals surface area contributed by atoms with E-state index in [1.807, 2.05) is 24.5 Å². The van der Waals surface area contributed by atoms with Crippen LogP contribution in [-0.2, 0) is 0 Å². The van der Waals surface area contributed by atoms with E-state index in [4.69, 9.17) is 9.72 Å². The summed E-state index contributed by atoms with van der Waals surface area (Å²) in [6.45, 7) is 11.4. The molecule has 1 N–H and O–H groups in total. The largest absolute Gasteiger partial charge is 0.492 e. The third-order valence-electron chi connectivity index (χ3n) is 6.90. The number of nitrogens with one attached hydrogen (secondary N) is 1. The zero-order chi connectivity index (χ0) is 24.9. The van der Waals surface area contributed by atoms with Crippen LogP contribution in [0.4, 0.5) is 17.3 Å². The molecule has 0 radical (unpaired) electrons. The van der Waals surface area contributed by atoms with Crippen molar-refractivity contribution in [2.45, 2.75) is 39.7 Å². The van der Waals surface area contributed by atoms with E-state index in [2.05, 4.69) is 81.4 Å². The zero-order valence-electron chi connectivity index (χ0n) is 21.4. The summed E-state index contributed by atoms with van der Waals surface area (Å²) < 4.78 is 8.24. The molecule has 8 heteroatoms. The summed E-state index contributed by atoms with van der Waals surface area (Å²) in [5.74, 6) is 2.76. The van der Waals surface area contributed by atoms with E-state index in [0.717, 1.165) is 68.8 Å². The lowest BCUT2D eigenvalue weighted by Gasteiger charge is -2.23. The van der Waals surface area contributed by atoms with E-state index >= 15 is 0 Å². The summed E-state index contributed by atoms with van der Waals surface area (Å²) in [5.41, 5.74) is 3.00. The number of fused-ring (bicyclic) bond motifs is 1. The number of hydrogen-bond donors (Lipinski definition) is 1. The molecule has 1 aliphatic rings. The second-order valence-corrected chi connectivity index (χ2v) is 10.3. The smallest absolute Gasteiger partial charge is 0.164 e. The van der Waals surface area contributed by atoms with Crippen molar-refractivity contribution in [3.63, 3.8) is 0 Å². The predicted molar refractivity (Wildman–Crippen MR) is 150 cm³/mol. The van der Waals surface area contributed by atoms with Gasteiger partial charge in [0.15, 0.2) is 5.65 Å². The molecule has 1 aromatic carbocycles. The number of benzene rings is 1. The minimum absolute atomic E-state index is 0.529. The van der Waals surface area contributed by atoms with Crippen LogP contribution in [-0.4, -0.2) is 57.9 Å². The monoisotopic (exact) mass is 502 g/mol. The van der Waals surface area contributed by atoms with Crippen molar-refractivity contribution in [2.75, 3.05) is 43.0 Å². The fraction of sp³-hybridized carbons (Fsp3) is 0.393. The quantitative estimate of drug-likeness (QED) is 0.270. The van der Waals surface area contributed by atoms with Gasteiger partial charge in [-0.2, -0.15) is 0 Å². The van der Waals surface area contributed by atoms with Gasteiger partial charge in [0.25, 0.3) is 0 Å². The minimum Gasteiger partial charge on any atom is -0.492 e. The molecule has 0 amide bonds. The molecule has 188 valence electrons. The maximum atomic E-state index is 6.09. The van der Waals surface area contributed by atoms with Crippen molar-refractivity contribution >= 4 is 31.3 Å². The van der Waals surface area contributed by atoms with Gasteiger partial charge in [-0.3, -0.25) is 4.16 Å². The van der Waals surface area contributed by atoms with Crippen LogP contribution in [0.1, 0.15) is 33.6 Å². The fourth-order valence-electron chi connectivity index (χ4n) is 4.79. The Labute approximate surface area is 215 Å². The first-order valence-corrected chi connectivity index (χ1v) is 13.8. The lowest BCUT2D eigenvalue weighted by molar-refractivity contribution is 0.223. The molecule has 4 heterocycles. The van der Waals surface area contributed by atoms with E-state index in [9.17, 15) is 0 Å². The second-order valence-electron chi connectivity index (χ2n) is 9.23. The van der Waals surface area contributed by atoms with Crippen molar-refractivity contribution in [2.24, 2.45) is 0 Å². The lowest BCUT2D eigenvalue weighted by atomic mass is 10.1. The SMILES string of the molecule is CCN(CC)CCOc1cccc(-c2cc(Nc3cccc(N4CCCC4C)n3)c3nccn3p2)c1. The van der Waals surface area contributed by atoms with Gasteiger partial charge >= 0.3 is 0 Å². The maximum absolute atomic E-state index is 6.09. The molecule has 0 saturated carbocycles. The van der Waals surface area contributed by atoms with Gasteiger partial charge in [-0.25, -0.2) is 9.97 Å². The molecule has 7 nitrogen and oxygen atoms in total. The Hall–Kier alpha value is -3.15. The molecule has 4 aromatic rings. The third-order valence-corrected chi connectivity index (χ3v) is 8.04. The predicted octanol–water partition coefficient (Wildman–Crippen LogP) is 6.43. The normalized spacial score (nSPS) is 15.9. The highest BCUT2D eigenvalue weighted by Gasteiger charge is 2.21. The Balaban J connectivity index is 1.39. The molecule has 36 heavy (non-hydrogen) atoms. The molecule has 0 bridgehead atoms. The van der Waals surface area contributed by atoms with Crippen LogP contribution in [0.3, 0.4) is 0 Å². The number of pyridine rings is 1. The minimum atomic E-state index is 0.529. The first kappa shape index (κ1) is 24.5. The van der Waals surface area contributed by atoms with E-state index in [-0.39, 0.29) is 0 Å². The summed E-state index contributed by atoms with van der Waals surface area (Å²) in [7, 11) is 1.06. The number of hydrogen-bond acceptors (Lipinski definition) is 6. The highest BCUT2D eigenvalue weighted by atomic mass is 31.0. The van der Waals surface area contributed by atoms with Gasteiger partial charge in [0.1, 0.15) is 24.0 Å². The average molecular weight is 503 g/mol. The summed E-state index contributed by atoms with van der Waals surface area (Å²) >= 11 is 0. The fourth-order valence-corrected chi connectivity index (χ4v) is 5.85. The van der Waals surface area contributed by atoms with Crippen LogP contribution in [0.5, 0.6) is 5.75 Å². The number of imidazole rings is 1. The molecule has 1 atom stereocenters. The first-order valence-electron chi connectivity index (χ1n) is 12.9. The van der Waals surface area contributed by atoms with Crippen molar-refractivity contribution in [3.05, 3.63) is 60.9 Å². The van der Waals surface area contributed by atoms with Crippen LogP contribution in [0.2, 0.25) is 0 Å². The van der Waals surface area contributed by atoms with Crippen LogP contribution < -0.4 is 15.0 Å². The molecule has 1 aliphatic heterocycles. The number of likely N-dealkylation sites (N-methyl/N-ethyl adjacent to an activating group) is 1. The summed E-state index contributed by atoms with van der Waals surface area (Å²) in [6, 6.07) is 17.3. The third kappa shape index (κ3) is 5.48. The summed E-state index contributed by atoms with van der Waals surface area (Å²) in [4.78, 5) is 14.3. The van der Waals surface area contributed by atoms with Crippen molar-refractivity contribution < 1.29 is 4.74 Å². The molecule has 1 saturated heterocycles. The maximum Gasteiger partial charge on any atom is 0.164 e. The van der Waals surface area contributed by atoms with Crippen LogP contribution in [0.25, 0.3) is 16.5 Å². The van der Waals surface area contributed by atoms with Gasteiger partial charge < -0.3 is 19.9 Å². The van der Waals surface area contributed by atoms with E-state index in [1.54, 1.807) is 0 Å². The Morgan fingerprint density at radius 1 is 1.14 bits per heavy atom. The van der Waals surface area contributed by atoms with Gasteiger partial charge in [0.05, 0.1) is 5.69 Å². The zero-order valence-corrected chi connectivity index (χ0v) is 22.3. The van der Waals surface area contributed by atoms with Crippen molar-refractivity contribution in [1.82, 2.24) is 19.0 Å².